The van der Waals surface area contributed by atoms with Crippen LogP contribution in [0.4, 0.5) is 5.13 Å². The van der Waals surface area contributed by atoms with Crippen molar-refractivity contribution < 1.29 is 13.2 Å². The first-order valence-electron chi connectivity index (χ1n) is 8.03. The number of thiophene rings is 1. The molecule has 6 nitrogen and oxygen atoms in total. The molecule has 1 aromatic carbocycles. The maximum Gasteiger partial charge on any atom is 0.252 e. The average molecular weight is 464 g/mol. The summed E-state index contributed by atoms with van der Waals surface area (Å²) < 4.78 is 33.9. The number of hydrogen-bond acceptors (Lipinski definition) is 7. The standard InChI is InChI=1S/C16H15Cl2N3O3S3/c1-24-11-3-2-10(17)15-14(11)19-16(26-15)20-6-8-21(9-7-20)27(22,23)13-5-4-12(18)25-13/h2-5H,6-9H2,1H3. The summed E-state index contributed by atoms with van der Waals surface area (Å²) >= 11 is 14.7. The number of methoxy groups -OCH3 is 1. The van der Waals surface area contributed by atoms with Crippen LogP contribution >= 0.6 is 45.9 Å². The Hall–Kier alpha value is -1.10. The highest BCUT2D eigenvalue weighted by molar-refractivity contribution is 7.91. The summed E-state index contributed by atoms with van der Waals surface area (Å²) in [6.07, 6.45) is 0. The van der Waals surface area contributed by atoms with E-state index in [9.17, 15) is 8.42 Å². The van der Waals surface area contributed by atoms with Crippen molar-refractivity contribution in [2.75, 3.05) is 38.2 Å². The lowest BCUT2D eigenvalue weighted by Gasteiger charge is -2.33. The summed E-state index contributed by atoms with van der Waals surface area (Å²) in [5.74, 6) is 0.674. The molecular formula is C16H15Cl2N3O3S3. The van der Waals surface area contributed by atoms with Crippen LogP contribution in [0.25, 0.3) is 10.2 Å². The topological polar surface area (TPSA) is 62.7 Å². The molecule has 1 fully saturated rings. The van der Waals surface area contributed by atoms with E-state index in [4.69, 9.17) is 27.9 Å². The van der Waals surface area contributed by atoms with Gasteiger partial charge in [-0.05, 0) is 24.3 Å². The van der Waals surface area contributed by atoms with Crippen LogP contribution in [0.5, 0.6) is 5.75 Å². The fourth-order valence-electron chi connectivity index (χ4n) is 2.92. The number of piperazine rings is 1. The lowest BCUT2D eigenvalue weighted by Crippen LogP contribution is -2.48. The molecule has 1 saturated heterocycles. The van der Waals surface area contributed by atoms with Crippen molar-refractivity contribution in [1.29, 1.82) is 0 Å². The predicted octanol–water partition coefficient (Wildman–Crippen LogP) is 4.18. The zero-order valence-electron chi connectivity index (χ0n) is 14.2. The molecule has 0 unspecified atom stereocenters. The van der Waals surface area contributed by atoms with Gasteiger partial charge in [-0.15, -0.1) is 11.3 Å². The fourth-order valence-corrected chi connectivity index (χ4v) is 7.29. The summed E-state index contributed by atoms with van der Waals surface area (Å²) in [6.45, 7) is 1.88. The number of thiazole rings is 1. The molecule has 0 bridgehead atoms. The maximum atomic E-state index is 12.7. The minimum atomic E-state index is -3.51. The minimum Gasteiger partial charge on any atom is -0.494 e. The molecule has 0 saturated carbocycles. The van der Waals surface area contributed by atoms with Gasteiger partial charge in [-0.2, -0.15) is 4.31 Å². The van der Waals surface area contributed by atoms with Crippen LogP contribution in [0.15, 0.2) is 28.5 Å². The first kappa shape index (κ1) is 19.2. The van der Waals surface area contributed by atoms with Gasteiger partial charge in [-0.1, -0.05) is 34.5 Å². The zero-order chi connectivity index (χ0) is 19.2. The van der Waals surface area contributed by atoms with Gasteiger partial charge in [0.1, 0.15) is 15.5 Å². The molecule has 0 aliphatic carbocycles. The predicted molar refractivity (Wildman–Crippen MR) is 111 cm³/mol. The third-order valence-corrected chi connectivity index (χ3v) is 9.49. The van der Waals surface area contributed by atoms with Gasteiger partial charge in [-0.25, -0.2) is 13.4 Å². The van der Waals surface area contributed by atoms with E-state index in [2.05, 4.69) is 9.88 Å². The molecule has 144 valence electrons. The largest absolute Gasteiger partial charge is 0.494 e. The maximum absolute atomic E-state index is 12.7. The van der Waals surface area contributed by atoms with Crippen LogP contribution < -0.4 is 9.64 Å². The average Bonchev–Trinajstić information content (AvgIpc) is 3.30. The highest BCUT2D eigenvalue weighted by Crippen LogP contribution is 2.39. The second-order valence-electron chi connectivity index (χ2n) is 5.87. The van der Waals surface area contributed by atoms with Gasteiger partial charge in [0.25, 0.3) is 10.0 Å². The highest BCUT2D eigenvalue weighted by Gasteiger charge is 2.30. The summed E-state index contributed by atoms with van der Waals surface area (Å²) in [5.41, 5.74) is 0.730. The van der Waals surface area contributed by atoms with E-state index in [1.165, 1.54) is 15.6 Å². The Labute approximate surface area is 174 Å². The highest BCUT2D eigenvalue weighted by atomic mass is 35.5. The molecule has 0 spiro atoms. The number of aromatic nitrogens is 1. The molecule has 0 N–H and O–H groups in total. The normalized spacial score (nSPS) is 16.2. The van der Waals surface area contributed by atoms with Crippen LogP contribution in [-0.2, 0) is 10.0 Å². The quantitative estimate of drug-likeness (QED) is 0.580. The first-order valence-corrected chi connectivity index (χ1v) is 11.9. The summed E-state index contributed by atoms with van der Waals surface area (Å²) in [5, 5.41) is 1.44. The van der Waals surface area contributed by atoms with Crippen molar-refractivity contribution in [3.05, 3.63) is 33.6 Å². The number of anilines is 1. The Bertz CT molecular complexity index is 1090. The van der Waals surface area contributed by atoms with Crippen LogP contribution in [0, 0.1) is 0 Å². The minimum absolute atomic E-state index is 0.275. The number of hydrogen-bond donors (Lipinski definition) is 0. The Morgan fingerprint density at radius 2 is 1.81 bits per heavy atom. The van der Waals surface area contributed by atoms with Gasteiger partial charge in [0.15, 0.2) is 5.13 Å². The van der Waals surface area contributed by atoms with Crippen LogP contribution in [-0.4, -0.2) is 51.0 Å². The fraction of sp³-hybridized carbons (Fsp3) is 0.312. The second kappa shape index (κ2) is 7.38. The van der Waals surface area contributed by atoms with Crippen LogP contribution in [0.3, 0.4) is 0 Å². The lowest BCUT2D eigenvalue weighted by molar-refractivity contribution is 0.385. The smallest absolute Gasteiger partial charge is 0.252 e. The summed E-state index contributed by atoms with van der Waals surface area (Å²) in [4.78, 5) is 6.75. The number of ether oxygens (including phenoxy) is 1. The van der Waals surface area contributed by atoms with E-state index in [1.54, 1.807) is 31.4 Å². The molecule has 3 heterocycles. The van der Waals surface area contributed by atoms with Crippen LogP contribution in [0.1, 0.15) is 0 Å². The molecule has 0 atom stereocenters. The molecule has 4 rings (SSSR count). The Morgan fingerprint density at radius 1 is 1.07 bits per heavy atom. The third-order valence-electron chi connectivity index (χ3n) is 4.32. The summed E-state index contributed by atoms with van der Waals surface area (Å²) in [7, 11) is -1.91. The Balaban J connectivity index is 1.54. The van der Waals surface area contributed by atoms with Crippen molar-refractivity contribution in [1.82, 2.24) is 9.29 Å². The molecule has 1 aliphatic rings. The van der Waals surface area contributed by atoms with E-state index >= 15 is 0 Å². The van der Waals surface area contributed by atoms with Crippen molar-refractivity contribution in [2.45, 2.75) is 4.21 Å². The number of benzene rings is 1. The van der Waals surface area contributed by atoms with Crippen molar-refractivity contribution in [3.63, 3.8) is 0 Å². The van der Waals surface area contributed by atoms with Crippen molar-refractivity contribution in [2.24, 2.45) is 0 Å². The van der Waals surface area contributed by atoms with Crippen LogP contribution in [0.2, 0.25) is 9.36 Å². The van der Waals surface area contributed by atoms with Gasteiger partial charge < -0.3 is 9.64 Å². The van der Waals surface area contributed by atoms with E-state index in [0.717, 1.165) is 26.7 Å². The molecule has 11 heteroatoms. The molecule has 1 aliphatic heterocycles. The Kier molecular flexibility index (Phi) is 5.26. The molecule has 2 aromatic heterocycles. The van der Waals surface area contributed by atoms with Gasteiger partial charge in [0.05, 0.1) is 21.2 Å². The van der Waals surface area contributed by atoms with Gasteiger partial charge in [-0.3, -0.25) is 0 Å². The molecule has 27 heavy (non-hydrogen) atoms. The number of fused-ring (bicyclic) bond motifs is 1. The van der Waals surface area contributed by atoms with E-state index in [1.807, 2.05) is 0 Å². The molecule has 0 amide bonds. The first-order chi connectivity index (χ1) is 12.9. The molecule has 3 aromatic rings. The van der Waals surface area contributed by atoms with E-state index in [0.29, 0.717) is 41.3 Å². The monoisotopic (exact) mass is 463 g/mol. The second-order valence-corrected chi connectivity index (χ2v) is 11.1. The third kappa shape index (κ3) is 3.52. The van der Waals surface area contributed by atoms with Crippen molar-refractivity contribution in [3.8, 4) is 5.75 Å². The molecular weight excluding hydrogens is 449 g/mol. The molecule has 0 radical (unpaired) electrons. The van der Waals surface area contributed by atoms with Gasteiger partial charge in [0.2, 0.25) is 0 Å². The number of nitrogens with zero attached hydrogens (tertiary/aromatic N) is 3. The van der Waals surface area contributed by atoms with Gasteiger partial charge >= 0.3 is 0 Å². The number of sulfonamides is 1. The van der Waals surface area contributed by atoms with Crippen molar-refractivity contribution >= 4 is 71.2 Å². The van der Waals surface area contributed by atoms with Gasteiger partial charge in [0, 0.05) is 26.2 Å². The lowest BCUT2D eigenvalue weighted by atomic mass is 10.3. The Morgan fingerprint density at radius 3 is 2.44 bits per heavy atom. The number of halogens is 2. The van der Waals surface area contributed by atoms with E-state index in [-0.39, 0.29) is 4.21 Å². The SMILES string of the molecule is COc1ccc(Cl)c2sc(N3CCN(S(=O)(=O)c4ccc(Cl)s4)CC3)nc12. The van der Waals surface area contributed by atoms with E-state index < -0.39 is 10.0 Å². The zero-order valence-corrected chi connectivity index (χ0v) is 18.1. The summed E-state index contributed by atoms with van der Waals surface area (Å²) in [6, 6.07) is 6.75. The number of rotatable bonds is 4.